The van der Waals surface area contributed by atoms with Crippen LogP contribution in [-0.4, -0.2) is 46.8 Å². The molecule has 1 fully saturated rings. The monoisotopic (exact) mass is 354 g/mol. The largest absolute Gasteiger partial charge is 0.491 e. The smallest absolute Gasteiger partial charge is 0.261 e. The molecular formula is C16H19FN2O4S. The predicted molar refractivity (Wildman–Crippen MR) is 90.0 cm³/mol. The van der Waals surface area contributed by atoms with E-state index in [-0.39, 0.29) is 29.9 Å². The van der Waals surface area contributed by atoms with Gasteiger partial charge in [0, 0.05) is 30.6 Å². The third kappa shape index (κ3) is 4.06. The molecule has 130 valence electrons. The minimum absolute atomic E-state index is 0.0561. The van der Waals surface area contributed by atoms with Gasteiger partial charge in [0.1, 0.15) is 29.4 Å². The van der Waals surface area contributed by atoms with Crippen molar-refractivity contribution in [3.8, 4) is 5.75 Å². The lowest BCUT2D eigenvalue weighted by molar-refractivity contribution is 0.1000. The maximum atomic E-state index is 14.1. The quantitative estimate of drug-likeness (QED) is 0.824. The van der Waals surface area contributed by atoms with E-state index in [9.17, 15) is 9.18 Å². The first kappa shape index (κ1) is 17.2. The fourth-order valence-corrected chi connectivity index (χ4v) is 3.66. The number of aromatic nitrogens is 2. The molecule has 2 heterocycles. The van der Waals surface area contributed by atoms with Gasteiger partial charge in [-0.15, -0.1) is 0 Å². The lowest BCUT2D eigenvalue weighted by atomic mass is 10.2. The van der Waals surface area contributed by atoms with Crippen molar-refractivity contribution in [2.75, 3.05) is 26.4 Å². The number of hydrogen-bond acceptors (Lipinski definition) is 6. The van der Waals surface area contributed by atoms with Crippen molar-refractivity contribution in [1.29, 1.82) is 0 Å². The zero-order chi connectivity index (χ0) is 16.9. The molecule has 8 heteroatoms. The van der Waals surface area contributed by atoms with Gasteiger partial charge in [0.25, 0.3) is 5.56 Å². The molecule has 0 amide bonds. The summed E-state index contributed by atoms with van der Waals surface area (Å²) in [5.74, 6) is 0.634. The van der Waals surface area contributed by atoms with Crippen molar-refractivity contribution >= 4 is 22.7 Å². The van der Waals surface area contributed by atoms with E-state index in [0.29, 0.717) is 16.8 Å². The van der Waals surface area contributed by atoms with Crippen LogP contribution >= 0.6 is 11.8 Å². The highest BCUT2D eigenvalue weighted by Gasteiger charge is 2.16. The molecule has 6 nitrogen and oxygen atoms in total. The lowest BCUT2D eigenvalue weighted by Gasteiger charge is -2.21. The molecule has 1 aromatic heterocycles. The number of H-pyrrole nitrogens is 1. The van der Waals surface area contributed by atoms with Crippen LogP contribution in [0.15, 0.2) is 16.9 Å². The average molecular weight is 354 g/mol. The van der Waals surface area contributed by atoms with E-state index in [2.05, 4.69) is 9.97 Å². The van der Waals surface area contributed by atoms with Gasteiger partial charge < -0.3 is 19.6 Å². The topological polar surface area (TPSA) is 84.4 Å². The summed E-state index contributed by atoms with van der Waals surface area (Å²) in [6.45, 7) is 1.41. The molecule has 0 saturated carbocycles. The average Bonchev–Trinajstić information content (AvgIpc) is 2.58. The summed E-state index contributed by atoms with van der Waals surface area (Å²) in [7, 11) is 0. The summed E-state index contributed by atoms with van der Waals surface area (Å²) in [6, 6.07) is 2.65. The molecule has 2 aromatic rings. The number of nitrogens with one attached hydrogen (secondary N) is 1. The van der Waals surface area contributed by atoms with Gasteiger partial charge in [-0.1, -0.05) is 0 Å². The van der Waals surface area contributed by atoms with Crippen LogP contribution in [0.2, 0.25) is 0 Å². The Bertz CT molecular complexity index is 762. The number of halogens is 1. The summed E-state index contributed by atoms with van der Waals surface area (Å²) in [6.07, 6.45) is 1.96. The standard InChI is InChI=1S/C16H19FN2O4S/c17-12-7-10(23-6-3-20)8-13-15(12)16(21)19-14(18-13)9-24-11-1-4-22-5-2-11/h7-8,11,20H,1-6,9H2,(H,18,19,21). The summed E-state index contributed by atoms with van der Waals surface area (Å²) < 4.78 is 24.7. The van der Waals surface area contributed by atoms with Gasteiger partial charge >= 0.3 is 0 Å². The van der Waals surface area contributed by atoms with Gasteiger partial charge in [0.2, 0.25) is 0 Å². The van der Waals surface area contributed by atoms with E-state index < -0.39 is 11.4 Å². The van der Waals surface area contributed by atoms with Crippen LogP contribution in [0.25, 0.3) is 10.9 Å². The van der Waals surface area contributed by atoms with Gasteiger partial charge in [-0.05, 0) is 12.8 Å². The molecule has 0 aliphatic carbocycles. The maximum Gasteiger partial charge on any atom is 0.261 e. The van der Waals surface area contributed by atoms with Gasteiger partial charge in [0.05, 0.1) is 17.9 Å². The molecule has 0 atom stereocenters. The van der Waals surface area contributed by atoms with Crippen LogP contribution in [0.5, 0.6) is 5.75 Å². The van der Waals surface area contributed by atoms with Crippen molar-refractivity contribution in [3.63, 3.8) is 0 Å². The summed E-state index contributed by atoms with van der Waals surface area (Å²) >= 11 is 1.72. The van der Waals surface area contributed by atoms with Crippen LogP contribution in [0.3, 0.4) is 0 Å². The first-order valence-electron chi connectivity index (χ1n) is 7.83. The molecule has 1 aliphatic heterocycles. The van der Waals surface area contributed by atoms with Crippen LogP contribution in [0.1, 0.15) is 18.7 Å². The van der Waals surface area contributed by atoms with E-state index in [0.717, 1.165) is 32.1 Å². The number of rotatable bonds is 6. The maximum absolute atomic E-state index is 14.1. The van der Waals surface area contributed by atoms with E-state index in [1.165, 1.54) is 6.07 Å². The minimum Gasteiger partial charge on any atom is -0.491 e. The molecule has 1 saturated heterocycles. The van der Waals surface area contributed by atoms with Crippen LogP contribution in [0.4, 0.5) is 4.39 Å². The Morgan fingerprint density at radius 3 is 2.96 bits per heavy atom. The summed E-state index contributed by atoms with van der Waals surface area (Å²) in [5.41, 5.74) is -0.233. The Kier molecular flexibility index (Phi) is 5.70. The number of ether oxygens (including phenoxy) is 2. The van der Waals surface area contributed by atoms with Gasteiger partial charge in [-0.2, -0.15) is 11.8 Å². The van der Waals surface area contributed by atoms with E-state index >= 15 is 0 Å². The van der Waals surface area contributed by atoms with Crippen molar-refractivity contribution in [1.82, 2.24) is 9.97 Å². The molecule has 0 radical (unpaired) electrons. The van der Waals surface area contributed by atoms with Crippen molar-refractivity contribution < 1.29 is 19.0 Å². The van der Waals surface area contributed by atoms with Gasteiger partial charge in [-0.25, -0.2) is 9.37 Å². The lowest BCUT2D eigenvalue weighted by Crippen LogP contribution is -2.18. The zero-order valence-corrected chi connectivity index (χ0v) is 13.9. The number of aliphatic hydroxyl groups excluding tert-OH is 1. The first-order chi connectivity index (χ1) is 11.7. The van der Waals surface area contributed by atoms with Gasteiger partial charge in [-0.3, -0.25) is 4.79 Å². The number of fused-ring (bicyclic) bond motifs is 1. The van der Waals surface area contributed by atoms with Crippen molar-refractivity contribution in [3.05, 3.63) is 34.1 Å². The van der Waals surface area contributed by atoms with Gasteiger partial charge in [0.15, 0.2) is 0 Å². The number of thioether (sulfide) groups is 1. The second kappa shape index (κ2) is 7.96. The van der Waals surface area contributed by atoms with E-state index in [1.807, 2.05) is 0 Å². The zero-order valence-electron chi connectivity index (χ0n) is 13.1. The molecule has 3 rings (SSSR count). The Labute approximate surface area is 142 Å². The molecular weight excluding hydrogens is 335 g/mol. The Morgan fingerprint density at radius 1 is 1.42 bits per heavy atom. The number of hydrogen-bond donors (Lipinski definition) is 2. The second-order valence-corrected chi connectivity index (χ2v) is 6.80. The number of benzene rings is 1. The molecule has 0 unspecified atom stereocenters. The number of aliphatic hydroxyl groups is 1. The summed E-state index contributed by atoms with van der Waals surface area (Å²) in [5, 5.41) is 9.20. The second-order valence-electron chi connectivity index (χ2n) is 5.51. The highest BCUT2D eigenvalue weighted by atomic mass is 32.2. The SMILES string of the molecule is O=c1[nH]c(CSC2CCOCC2)nc2cc(OCCO)cc(F)c12. The molecule has 1 aliphatic rings. The van der Waals surface area contributed by atoms with E-state index in [4.69, 9.17) is 14.6 Å². The van der Waals surface area contributed by atoms with Crippen LogP contribution < -0.4 is 10.3 Å². The summed E-state index contributed by atoms with van der Waals surface area (Å²) in [4.78, 5) is 19.2. The molecule has 2 N–H and O–H groups in total. The fourth-order valence-electron chi connectivity index (χ4n) is 2.60. The Hall–Kier alpha value is -1.64. The number of nitrogens with zero attached hydrogens (tertiary/aromatic N) is 1. The highest BCUT2D eigenvalue weighted by Crippen LogP contribution is 2.25. The Balaban J connectivity index is 1.82. The number of aromatic amines is 1. The van der Waals surface area contributed by atoms with Crippen LogP contribution in [0, 0.1) is 5.82 Å². The molecule has 1 aromatic carbocycles. The third-order valence-electron chi connectivity index (χ3n) is 3.77. The minimum atomic E-state index is -0.683. The normalized spacial score (nSPS) is 15.8. The van der Waals surface area contributed by atoms with Crippen molar-refractivity contribution in [2.24, 2.45) is 0 Å². The Morgan fingerprint density at radius 2 is 2.21 bits per heavy atom. The molecule has 24 heavy (non-hydrogen) atoms. The predicted octanol–water partition coefficient (Wildman–Crippen LogP) is 1.85. The first-order valence-corrected chi connectivity index (χ1v) is 8.87. The molecule has 0 bridgehead atoms. The molecule has 0 spiro atoms. The van der Waals surface area contributed by atoms with Crippen LogP contribution in [-0.2, 0) is 10.5 Å². The van der Waals surface area contributed by atoms with Crippen molar-refractivity contribution in [2.45, 2.75) is 23.8 Å². The third-order valence-corrected chi connectivity index (χ3v) is 5.15. The van der Waals surface area contributed by atoms with E-state index in [1.54, 1.807) is 11.8 Å². The fraction of sp³-hybridized carbons (Fsp3) is 0.500. The highest BCUT2D eigenvalue weighted by molar-refractivity contribution is 7.99.